The normalized spacial score (nSPS) is 29.8. The van der Waals surface area contributed by atoms with E-state index in [1.54, 1.807) is 7.11 Å². The van der Waals surface area contributed by atoms with Gasteiger partial charge >= 0.3 is 0 Å². The minimum atomic E-state index is 0.160. The Hall–Kier alpha value is -1.35. The third-order valence-corrected chi connectivity index (χ3v) is 4.46. The van der Waals surface area contributed by atoms with E-state index >= 15 is 0 Å². The molecule has 1 aromatic carbocycles. The lowest BCUT2D eigenvalue weighted by Crippen LogP contribution is -2.50. The Morgan fingerprint density at radius 2 is 1.89 bits per heavy atom. The number of Topliss-reactive ketones (excluding diaryl/α,β-unsaturated/α-hetero) is 1. The van der Waals surface area contributed by atoms with Crippen molar-refractivity contribution in [3.05, 3.63) is 29.8 Å². The number of carbonyl (C=O) groups excluding carboxylic acids is 1. The van der Waals surface area contributed by atoms with Crippen LogP contribution < -0.4 is 10.1 Å². The van der Waals surface area contributed by atoms with Crippen molar-refractivity contribution in [1.82, 2.24) is 5.32 Å². The summed E-state index contributed by atoms with van der Waals surface area (Å²) >= 11 is 0. The van der Waals surface area contributed by atoms with Gasteiger partial charge in [-0.25, -0.2) is 0 Å². The van der Waals surface area contributed by atoms with Crippen LogP contribution in [-0.4, -0.2) is 25.0 Å². The molecule has 0 spiro atoms. The van der Waals surface area contributed by atoms with Gasteiger partial charge in [-0.3, -0.25) is 4.79 Å². The lowest BCUT2D eigenvalue weighted by atomic mass is 9.77. The van der Waals surface area contributed by atoms with Gasteiger partial charge in [0.25, 0.3) is 0 Å². The number of rotatable bonds is 3. The monoisotopic (exact) mass is 259 g/mol. The zero-order valence-electron chi connectivity index (χ0n) is 11.4. The first-order chi connectivity index (χ1) is 9.28. The molecule has 0 aliphatic carbocycles. The quantitative estimate of drug-likeness (QED) is 0.848. The molecule has 3 rings (SSSR count). The third kappa shape index (κ3) is 2.52. The molecule has 2 unspecified atom stereocenters. The lowest BCUT2D eigenvalue weighted by Gasteiger charge is -2.39. The zero-order chi connectivity index (χ0) is 13.2. The van der Waals surface area contributed by atoms with E-state index in [1.165, 1.54) is 19.3 Å². The fourth-order valence-electron chi connectivity index (χ4n) is 3.55. The standard InChI is InChI=1S/C16H21NO2/c1-19-15-8-3-2-7-14(15)16(18)11-9-12-5-4-6-13(10-11)17-12/h2-3,7-8,11-13,17H,4-6,9-10H2,1H3. The van der Waals surface area contributed by atoms with Crippen LogP contribution in [0.2, 0.25) is 0 Å². The number of ether oxygens (including phenoxy) is 1. The van der Waals surface area contributed by atoms with Crippen LogP contribution in [0.5, 0.6) is 5.75 Å². The average Bonchev–Trinajstić information content (AvgIpc) is 2.46. The number of hydrogen-bond acceptors (Lipinski definition) is 3. The maximum Gasteiger partial charge on any atom is 0.169 e. The third-order valence-electron chi connectivity index (χ3n) is 4.46. The molecule has 2 saturated heterocycles. The Kier molecular flexibility index (Phi) is 3.56. The molecule has 0 saturated carbocycles. The van der Waals surface area contributed by atoms with Crippen LogP contribution in [0.15, 0.2) is 24.3 Å². The average molecular weight is 259 g/mol. The van der Waals surface area contributed by atoms with Crippen molar-refractivity contribution in [3.8, 4) is 5.75 Å². The van der Waals surface area contributed by atoms with Crippen LogP contribution in [-0.2, 0) is 0 Å². The Bertz CT molecular complexity index is 460. The van der Waals surface area contributed by atoms with E-state index in [2.05, 4.69) is 5.32 Å². The number of fused-ring (bicyclic) bond motifs is 2. The molecule has 102 valence electrons. The minimum Gasteiger partial charge on any atom is -0.496 e. The number of para-hydroxylation sites is 1. The summed E-state index contributed by atoms with van der Waals surface area (Å²) in [4.78, 5) is 12.7. The van der Waals surface area contributed by atoms with Crippen molar-refractivity contribution in [2.45, 2.75) is 44.2 Å². The van der Waals surface area contributed by atoms with Gasteiger partial charge in [0.1, 0.15) is 5.75 Å². The van der Waals surface area contributed by atoms with Gasteiger partial charge in [-0.15, -0.1) is 0 Å². The number of nitrogens with one attached hydrogen (secondary N) is 1. The number of ketones is 1. The van der Waals surface area contributed by atoms with Crippen LogP contribution in [0.4, 0.5) is 0 Å². The summed E-state index contributed by atoms with van der Waals surface area (Å²) in [6.07, 6.45) is 5.69. The molecule has 0 radical (unpaired) electrons. The van der Waals surface area contributed by atoms with E-state index in [1.807, 2.05) is 24.3 Å². The van der Waals surface area contributed by atoms with Crippen LogP contribution in [0, 0.1) is 5.92 Å². The molecule has 2 fully saturated rings. The van der Waals surface area contributed by atoms with Gasteiger partial charge in [0.05, 0.1) is 12.7 Å². The van der Waals surface area contributed by atoms with E-state index in [0.29, 0.717) is 17.8 Å². The Morgan fingerprint density at radius 1 is 1.21 bits per heavy atom. The highest BCUT2D eigenvalue weighted by atomic mass is 16.5. The van der Waals surface area contributed by atoms with Crippen LogP contribution in [0.3, 0.4) is 0 Å². The van der Waals surface area contributed by atoms with Crippen LogP contribution >= 0.6 is 0 Å². The molecule has 0 aromatic heterocycles. The molecule has 2 bridgehead atoms. The highest BCUT2D eigenvalue weighted by Gasteiger charge is 2.35. The summed E-state index contributed by atoms with van der Waals surface area (Å²) in [5.41, 5.74) is 0.745. The SMILES string of the molecule is COc1ccccc1C(=O)C1CC2CCCC(C1)N2. The molecule has 2 atom stereocenters. The summed E-state index contributed by atoms with van der Waals surface area (Å²) in [5, 5.41) is 3.63. The molecule has 0 amide bonds. The predicted molar refractivity (Wildman–Crippen MR) is 74.6 cm³/mol. The second kappa shape index (κ2) is 5.33. The molecule has 19 heavy (non-hydrogen) atoms. The van der Waals surface area contributed by atoms with Crippen LogP contribution in [0.1, 0.15) is 42.5 Å². The maximum absolute atomic E-state index is 12.7. The van der Waals surface area contributed by atoms with E-state index < -0.39 is 0 Å². The van der Waals surface area contributed by atoms with Gasteiger partial charge in [-0.1, -0.05) is 18.6 Å². The lowest BCUT2D eigenvalue weighted by molar-refractivity contribution is 0.0822. The summed E-state index contributed by atoms with van der Waals surface area (Å²) in [6, 6.07) is 8.66. The number of piperidine rings is 2. The smallest absolute Gasteiger partial charge is 0.169 e. The molecule has 2 heterocycles. The van der Waals surface area contributed by atoms with E-state index in [-0.39, 0.29) is 11.7 Å². The second-order valence-corrected chi connectivity index (χ2v) is 5.72. The first kappa shape index (κ1) is 12.7. The minimum absolute atomic E-state index is 0.160. The highest BCUT2D eigenvalue weighted by molar-refractivity contribution is 6.00. The Labute approximate surface area is 114 Å². The number of hydrogen-bond donors (Lipinski definition) is 1. The number of carbonyl (C=O) groups is 1. The fraction of sp³-hybridized carbons (Fsp3) is 0.562. The van der Waals surface area contributed by atoms with E-state index in [9.17, 15) is 4.79 Å². The molecule has 3 nitrogen and oxygen atoms in total. The molecular formula is C16H21NO2. The van der Waals surface area contributed by atoms with E-state index in [0.717, 1.165) is 18.4 Å². The van der Waals surface area contributed by atoms with Gasteiger partial charge in [0.15, 0.2) is 5.78 Å². The Balaban J connectivity index is 1.80. The molecule has 2 aliphatic rings. The first-order valence-electron chi connectivity index (χ1n) is 7.21. The number of benzene rings is 1. The molecule has 1 aromatic rings. The molecular weight excluding hydrogens is 238 g/mol. The fourth-order valence-corrected chi connectivity index (χ4v) is 3.55. The van der Waals surface area contributed by atoms with Gasteiger partial charge in [-0.05, 0) is 37.8 Å². The summed E-state index contributed by atoms with van der Waals surface area (Å²) < 4.78 is 5.31. The predicted octanol–water partition coefficient (Wildman–Crippen LogP) is 2.80. The van der Waals surface area contributed by atoms with Crippen molar-refractivity contribution in [2.75, 3.05) is 7.11 Å². The van der Waals surface area contributed by atoms with Crippen molar-refractivity contribution >= 4 is 5.78 Å². The summed E-state index contributed by atoms with van der Waals surface area (Å²) in [5.74, 6) is 1.12. The maximum atomic E-state index is 12.7. The first-order valence-corrected chi connectivity index (χ1v) is 7.21. The number of methoxy groups -OCH3 is 1. The van der Waals surface area contributed by atoms with Crippen molar-refractivity contribution < 1.29 is 9.53 Å². The Morgan fingerprint density at radius 3 is 2.58 bits per heavy atom. The second-order valence-electron chi connectivity index (χ2n) is 5.72. The van der Waals surface area contributed by atoms with Gasteiger partial charge < -0.3 is 10.1 Å². The molecule has 1 N–H and O–H groups in total. The van der Waals surface area contributed by atoms with Gasteiger partial charge in [-0.2, -0.15) is 0 Å². The van der Waals surface area contributed by atoms with E-state index in [4.69, 9.17) is 4.74 Å². The van der Waals surface area contributed by atoms with Gasteiger partial charge in [0.2, 0.25) is 0 Å². The van der Waals surface area contributed by atoms with Crippen molar-refractivity contribution in [3.63, 3.8) is 0 Å². The largest absolute Gasteiger partial charge is 0.496 e. The molecule has 3 heteroatoms. The van der Waals surface area contributed by atoms with Crippen molar-refractivity contribution in [1.29, 1.82) is 0 Å². The van der Waals surface area contributed by atoms with Crippen LogP contribution in [0.25, 0.3) is 0 Å². The zero-order valence-corrected chi connectivity index (χ0v) is 11.4. The van der Waals surface area contributed by atoms with Crippen molar-refractivity contribution in [2.24, 2.45) is 5.92 Å². The highest BCUT2D eigenvalue weighted by Crippen LogP contribution is 2.33. The summed E-state index contributed by atoms with van der Waals surface area (Å²) in [7, 11) is 1.63. The molecule has 2 aliphatic heterocycles. The topological polar surface area (TPSA) is 38.3 Å². The summed E-state index contributed by atoms with van der Waals surface area (Å²) in [6.45, 7) is 0. The van der Waals surface area contributed by atoms with Gasteiger partial charge in [0, 0.05) is 18.0 Å².